The summed E-state index contributed by atoms with van der Waals surface area (Å²) in [6, 6.07) is 19.7. The second-order valence-corrected chi connectivity index (χ2v) is 20.8. The van der Waals surface area contributed by atoms with Gasteiger partial charge in [-0.2, -0.15) is 0 Å². The van der Waals surface area contributed by atoms with Crippen LogP contribution in [0.1, 0.15) is 278 Å². The topological polar surface area (TPSA) is 140 Å². The fourth-order valence-corrected chi connectivity index (χ4v) is 9.25. The molecule has 0 aliphatic carbocycles. The minimum Gasteiger partial charge on any atom is -0.494 e. The van der Waals surface area contributed by atoms with Gasteiger partial charge in [-0.1, -0.05) is 230 Å². The van der Waals surface area contributed by atoms with Crippen LogP contribution in [-0.4, -0.2) is 53.0 Å². The Labute approximate surface area is 468 Å². The largest absolute Gasteiger partial charge is 0.494 e. The summed E-state index contributed by atoms with van der Waals surface area (Å²) in [6.07, 6.45) is 36.0. The lowest BCUT2D eigenvalue weighted by atomic mass is 10.0. The molecule has 0 heterocycles. The number of rotatable bonds is 39. The molecule has 4 aromatic carbocycles. The van der Waals surface area contributed by atoms with Crippen molar-refractivity contribution < 1.29 is 43.9 Å². The van der Waals surface area contributed by atoms with Crippen LogP contribution in [0.4, 0.5) is 0 Å². The molecule has 78 heavy (non-hydrogen) atoms. The van der Waals surface area contributed by atoms with Crippen LogP contribution in [-0.2, 0) is 0 Å². The van der Waals surface area contributed by atoms with E-state index in [9.17, 15) is 29.7 Å². The molecule has 4 aromatic rings. The number of ether oxygens (including phenoxy) is 3. The summed E-state index contributed by atoms with van der Waals surface area (Å²) in [4.78, 5) is 36.7. The smallest absolute Gasteiger partial charge is 0.335 e. The van der Waals surface area contributed by atoms with Crippen molar-refractivity contribution in [3.05, 3.63) is 123 Å². The molecule has 9 heteroatoms. The highest BCUT2D eigenvalue weighted by Crippen LogP contribution is 2.23. The van der Waals surface area contributed by atoms with Gasteiger partial charge >= 0.3 is 17.9 Å². The number of benzene rings is 4. The maximum absolute atomic E-state index is 12.2. The first-order valence-corrected chi connectivity index (χ1v) is 29.8. The molecule has 0 spiro atoms. The SMILES string of the molecule is CCCCCCCCCCCCOc1cc(C#Cc2cc(C#Cc3cc(OCCCCCCCCCCCC)cc(C(=O)O)c3)cc(C#Cc3cc(OCCCCCCCCCCCC)cc(C(=O)O)c3)c2)cc(C(=O)O)c1. The fraction of sp³-hybridized carbons (Fsp3) is 0.522. The van der Waals surface area contributed by atoms with Crippen LogP contribution >= 0.6 is 0 Å². The number of unbranched alkanes of at least 4 members (excludes halogenated alkanes) is 27. The van der Waals surface area contributed by atoms with Crippen LogP contribution in [0.3, 0.4) is 0 Å². The minimum atomic E-state index is -1.09. The molecule has 0 aromatic heterocycles. The predicted molar refractivity (Wildman–Crippen MR) is 317 cm³/mol. The second kappa shape index (κ2) is 39.7. The van der Waals surface area contributed by atoms with Gasteiger partial charge in [0.05, 0.1) is 36.5 Å². The van der Waals surface area contributed by atoms with Gasteiger partial charge in [0.2, 0.25) is 0 Å². The third-order valence-corrected chi connectivity index (χ3v) is 13.7. The zero-order valence-corrected chi connectivity index (χ0v) is 47.6. The average Bonchev–Trinajstić information content (AvgIpc) is 3.44. The zero-order valence-electron chi connectivity index (χ0n) is 47.6. The standard InChI is InChI=1S/C69H90O9/c1-4-7-10-13-16-19-22-25-28-31-40-76-64-49-58(46-61(52-64)67(70)71)37-34-55-43-56(35-38-59-47-62(68(72)73)53-65(50-59)77-41-32-29-26-23-20-17-14-11-8-5-2)45-57(44-55)36-39-60-48-63(69(74)75)54-66(51-60)78-42-33-30-27-24-21-18-15-12-9-6-3/h43-54H,4-33,40-42H2,1-3H3,(H,70,71)(H,72,73)(H,74,75). The molecule has 0 radical (unpaired) electrons. The van der Waals surface area contributed by atoms with Crippen molar-refractivity contribution in [2.24, 2.45) is 0 Å². The molecule has 9 nitrogen and oxygen atoms in total. The van der Waals surface area contributed by atoms with Crippen molar-refractivity contribution in [3.8, 4) is 52.8 Å². The molecule has 0 saturated heterocycles. The van der Waals surface area contributed by atoms with Gasteiger partial charge in [-0.25, -0.2) is 14.4 Å². The number of carboxylic acid groups (broad SMARTS) is 3. The minimum absolute atomic E-state index is 0.0666. The Morgan fingerprint density at radius 1 is 0.282 bits per heavy atom. The normalized spacial score (nSPS) is 10.7. The quantitative estimate of drug-likeness (QED) is 0.0294. The van der Waals surface area contributed by atoms with Crippen LogP contribution in [0.2, 0.25) is 0 Å². The van der Waals surface area contributed by atoms with Gasteiger partial charge in [0, 0.05) is 33.4 Å². The first-order chi connectivity index (χ1) is 38.1. The molecule has 0 aliphatic heterocycles. The molecule has 0 aliphatic rings. The molecule has 0 unspecified atom stereocenters. The van der Waals surface area contributed by atoms with Crippen LogP contribution in [0, 0.1) is 35.5 Å². The lowest BCUT2D eigenvalue weighted by Crippen LogP contribution is -2.02. The van der Waals surface area contributed by atoms with Crippen molar-refractivity contribution >= 4 is 17.9 Å². The molecule has 420 valence electrons. The van der Waals surface area contributed by atoms with Gasteiger partial charge in [0.1, 0.15) is 17.2 Å². The Balaban J connectivity index is 1.56. The molecular formula is C69H90O9. The highest BCUT2D eigenvalue weighted by atomic mass is 16.5. The van der Waals surface area contributed by atoms with Crippen molar-refractivity contribution in [2.45, 2.75) is 213 Å². The highest BCUT2D eigenvalue weighted by Gasteiger charge is 2.11. The number of carboxylic acids is 3. The molecule has 0 saturated carbocycles. The predicted octanol–water partition coefficient (Wildman–Crippen LogP) is 17.9. The van der Waals surface area contributed by atoms with Gasteiger partial charge in [0.25, 0.3) is 0 Å². The lowest BCUT2D eigenvalue weighted by Gasteiger charge is -2.08. The van der Waals surface area contributed by atoms with E-state index in [-0.39, 0.29) is 16.7 Å². The summed E-state index contributed by atoms with van der Waals surface area (Å²) >= 11 is 0. The van der Waals surface area contributed by atoms with Gasteiger partial charge < -0.3 is 29.5 Å². The van der Waals surface area contributed by atoms with E-state index in [1.165, 1.54) is 171 Å². The van der Waals surface area contributed by atoms with Crippen molar-refractivity contribution in [2.75, 3.05) is 19.8 Å². The van der Waals surface area contributed by atoms with Crippen molar-refractivity contribution in [1.29, 1.82) is 0 Å². The van der Waals surface area contributed by atoms with E-state index in [0.29, 0.717) is 70.4 Å². The second-order valence-electron chi connectivity index (χ2n) is 20.8. The molecular weight excluding hydrogens is 973 g/mol. The molecule has 0 bridgehead atoms. The number of aromatic carboxylic acids is 3. The molecule has 4 rings (SSSR count). The van der Waals surface area contributed by atoms with E-state index >= 15 is 0 Å². The maximum Gasteiger partial charge on any atom is 0.335 e. The molecule has 0 atom stereocenters. The first-order valence-electron chi connectivity index (χ1n) is 29.8. The zero-order chi connectivity index (χ0) is 55.8. The van der Waals surface area contributed by atoms with Crippen molar-refractivity contribution in [3.63, 3.8) is 0 Å². The number of hydrogen-bond donors (Lipinski definition) is 3. The molecule has 3 N–H and O–H groups in total. The third-order valence-electron chi connectivity index (χ3n) is 13.7. The Kier molecular flexibility index (Phi) is 32.5. The lowest BCUT2D eigenvalue weighted by molar-refractivity contribution is 0.0685. The van der Waals surface area contributed by atoms with Crippen molar-refractivity contribution in [1.82, 2.24) is 0 Å². The summed E-state index contributed by atoms with van der Waals surface area (Å²) in [7, 11) is 0. The summed E-state index contributed by atoms with van der Waals surface area (Å²) in [5, 5.41) is 30.0. The van der Waals surface area contributed by atoms with E-state index in [1.54, 1.807) is 36.4 Å². The van der Waals surface area contributed by atoms with Crippen LogP contribution in [0.15, 0.2) is 72.8 Å². The van der Waals surface area contributed by atoms with Gasteiger partial charge in [-0.05, 0) is 92.1 Å². The summed E-state index contributed by atoms with van der Waals surface area (Å²) in [5.74, 6) is 17.0. The Hall–Kier alpha value is -6.63. The van der Waals surface area contributed by atoms with Crippen LogP contribution < -0.4 is 14.2 Å². The van der Waals surface area contributed by atoms with Gasteiger partial charge in [0.15, 0.2) is 0 Å². The number of hydrogen-bond acceptors (Lipinski definition) is 6. The third kappa shape index (κ3) is 28.1. The van der Waals surface area contributed by atoms with Crippen LogP contribution in [0.25, 0.3) is 0 Å². The monoisotopic (exact) mass is 1060 g/mol. The Morgan fingerprint density at radius 3 is 0.679 bits per heavy atom. The summed E-state index contributed by atoms with van der Waals surface area (Å²) in [6.45, 7) is 8.12. The maximum atomic E-state index is 12.2. The molecule has 0 fully saturated rings. The van der Waals surface area contributed by atoms with E-state index in [4.69, 9.17) is 14.2 Å². The van der Waals surface area contributed by atoms with Gasteiger partial charge in [-0.3, -0.25) is 0 Å². The van der Waals surface area contributed by atoms with E-state index in [1.807, 2.05) is 0 Å². The summed E-state index contributed by atoms with van der Waals surface area (Å²) in [5.41, 5.74) is 3.21. The van der Waals surface area contributed by atoms with Crippen LogP contribution in [0.5, 0.6) is 17.2 Å². The number of carbonyl (C=O) groups is 3. The summed E-state index contributed by atoms with van der Waals surface area (Å²) < 4.78 is 18.2. The first kappa shape index (κ1) is 63.9. The van der Waals surface area contributed by atoms with Gasteiger partial charge in [-0.15, -0.1) is 0 Å². The van der Waals surface area contributed by atoms with E-state index in [2.05, 4.69) is 56.3 Å². The highest BCUT2D eigenvalue weighted by molar-refractivity contribution is 5.90. The van der Waals surface area contributed by atoms with E-state index in [0.717, 1.165) is 57.8 Å². The Bertz CT molecular complexity index is 2310. The molecule has 0 amide bonds. The Morgan fingerprint density at radius 2 is 0.474 bits per heavy atom. The average molecular weight is 1060 g/mol. The fourth-order valence-electron chi connectivity index (χ4n) is 9.25. The van der Waals surface area contributed by atoms with E-state index < -0.39 is 17.9 Å².